The molecule has 0 spiro atoms. The van der Waals surface area contributed by atoms with Crippen molar-refractivity contribution in [3.63, 3.8) is 0 Å². The predicted molar refractivity (Wildman–Crippen MR) is 143 cm³/mol. The molecule has 0 bridgehead atoms. The van der Waals surface area contributed by atoms with Gasteiger partial charge >= 0.3 is 6.18 Å². The minimum absolute atomic E-state index is 0.0713. The number of nitrogens with zero attached hydrogens (tertiary/aromatic N) is 2. The standard InChI is InChI=1S/C25H30Cl2F3N3O4S/c1-6-21(23(35)31-24(2,3)4)32(14-16-7-9-17(26)10-8-16)22(34)15-33(38(5,36)37)18-11-12-20(27)19(13-18)25(28,29)30/h7-13,21H,6,14-15H2,1-5H3,(H,31,35)/t21-/m0/s1. The molecule has 0 fully saturated rings. The first-order chi connectivity index (χ1) is 17.3. The summed E-state index contributed by atoms with van der Waals surface area (Å²) in [5, 5.41) is 2.66. The van der Waals surface area contributed by atoms with Gasteiger partial charge in [-0.1, -0.05) is 42.3 Å². The Morgan fingerprint density at radius 3 is 2.08 bits per heavy atom. The number of anilines is 1. The summed E-state index contributed by atoms with van der Waals surface area (Å²) in [6.07, 6.45) is -3.88. The SMILES string of the molecule is CC[C@@H](C(=O)NC(C)(C)C)N(Cc1ccc(Cl)cc1)C(=O)CN(c1ccc(Cl)c(C(F)(F)F)c1)S(C)(=O)=O. The summed E-state index contributed by atoms with van der Waals surface area (Å²) in [5.74, 6) is -1.25. The number of alkyl halides is 3. The molecule has 2 rings (SSSR count). The molecule has 0 saturated carbocycles. The molecule has 38 heavy (non-hydrogen) atoms. The molecule has 1 N–H and O–H groups in total. The number of amides is 2. The largest absolute Gasteiger partial charge is 0.417 e. The fourth-order valence-corrected chi connectivity index (χ4v) is 4.85. The van der Waals surface area contributed by atoms with E-state index in [9.17, 15) is 31.2 Å². The minimum atomic E-state index is -4.85. The Balaban J connectivity index is 2.53. The van der Waals surface area contributed by atoms with Gasteiger partial charge in [0.2, 0.25) is 21.8 Å². The van der Waals surface area contributed by atoms with Crippen LogP contribution in [0.1, 0.15) is 45.2 Å². The molecule has 2 aromatic rings. The molecular weight excluding hydrogens is 566 g/mol. The fraction of sp³-hybridized carbons (Fsp3) is 0.440. The van der Waals surface area contributed by atoms with Crippen LogP contribution in [0.15, 0.2) is 42.5 Å². The molecule has 0 heterocycles. The molecule has 0 radical (unpaired) electrons. The number of halogens is 5. The highest BCUT2D eigenvalue weighted by Gasteiger charge is 2.36. The van der Waals surface area contributed by atoms with Gasteiger partial charge in [0, 0.05) is 17.1 Å². The zero-order valence-electron chi connectivity index (χ0n) is 21.6. The van der Waals surface area contributed by atoms with E-state index in [1.165, 1.54) is 4.90 Å². The fourth-order valence-electron chi connectivity index (χ4n) is 3.66. The highest BCUT2D eigenvalue weighted by Crippen LogP contribution is 2.37. The van der Waals surface area contributed by atoms with E-state index in [1.807, 2.05) is 0 Å². The van der Waals surface area contributed by atoms with Crippen LogP contribution in [0.2, 0.25) is 10.0 Å². The number of hydrogen-bond donors (Lipinski definition) is 1. The van der Waals surface area contributed by atoms with E-state index in [1.54, 1.807) is 52.0 Å². The van der Waals surface area contributed by atoms with Crippen LogP contribution in [0.25, 0.3) is 0 Å². The van der Waals surface area contributed by atoms with Crippen molar-refractivity contribution in [1.29, 1.82) is 0 Å². The number of sulfonamides is 1. The Labute approximate surface area is 230 Å². The molecule has 0 aromatic heterocycles. The molecule has 210 valence electrons. The lowest BCUT2D eigenvalue weighted by Gasteiger charge is -2.34. The van der Waals surface area contributed by atoms with E-state index in [-0.39, 0.29) is 13.0 Å². The van der Waals surface area contributed by atoms with Crippen LogP contribution in [0.5, 0.6) is 0 Å². The number of benzene rings is 2. The zero-order valence-corrected chi connectivity index (χ0v) is 23.9. The van der Waals surface area contributed by atoms with E-state index < -0.39 is 62.4 Å². The van der Waals surface area contributed by atoms with Gasteiger partial charge in [-0.15, -0.1) is 0 Å². The lowest BCUT2D eigenvalue weighted by molar-refractivity contribution is -0.141. The van der Waals surface area contributed by atoms with Gasteiger partial charge < -0.3 is 10.2 Å². The van der Waals surface area contributed by atoms with Crippen LogP contribution in [-0.4, -0.2) is 49.5 Å². The Morgan fingerprint density at radius 1 is 1.03 bits per heavy atom. The monoisotopic (exact) mass is 595 g/mol. The molecule has 0 aliphatic heterocycles. The molecule has 0 aliphatic rings. The van der Waals surface area contributed by atoms with E-state index in [0.29, 0.717) is 21.0 Å². The van der Waals surface area contributed by atoms with Crippen molar-refractivity contribution in [2.45, 2.75) is 58.4 Å². The van der Waals surface area contributed by atoms with E-state index in [2.05, 4.69) is 5.32 Å². The Morgan fingerprint density at radius 2 is 1.61 bits per heavy atom. The maximum absolute atomic E-state index is 13.6. The summed E-state index contributed by atoms with van der Waals surface area (Å²) < 4.78 is 66.2. The van der Waals surface area contributed by atoms with Gasteiger partial charge in [0.05, 0.1) is 22.5 Å². The quantitative estimate of drug-likeness (QED) is 0.414. The van der Waals surface area contributed by atoms with Crippen LogP contribution in [0.3, 0.4) is 0 Å². The highest BCUT2D eigenvalue weighted by atomic mass is 35.5. The Hall–Kier alpha value is -2.50. The number of nitrogens with one attached hydrogen (secondary N) is 1. The summed E-state index contributed by atoms with van der Waals surface area (Å²) >= 11 is 11.6. The van der Waals surface area contributed by atoms with Gasteiger partial charge in [-0.2, -0.15) is 13.2 Å². The summed E-state index contributed by atoms with van der Waals surface area (Å²) in [7, 11) is -4.22. The first-order valence-electron chi connectivity index (χ1n) is 11.5. The Kier molecular flexibility index (Phi) is 10.1. The smallest absolute Gasteiger partial charge is 0.350 e. The van der Waals surface area contributed by atoms with Crippen molar-refractivity contribution >= 4 is 50.7 Å². The van der Waals surface area contributed by atoms with Gasteiger partial charge in [-0.3, -0.25) is 13.9 Å². The Bertz CT molecular complexity index is 1260. The maximum Gasteiger partial charge on any atom is 0.417 e. The number of carbonyl (C=O) groups excluding carboxylic acids is 2. The first-order valence-corrected chi connectivity index (χ1v) is 14.1. The summed E-state index contributed by atoms with van der Waals surface area (Å²) in [4.78, 5) is 28.0. The van der Waals surface area contributed by atoms with E-state index >= 15 is 0 Å². The van der Waals surface area contributed by atoms with Crippen LogP contribution in [-0.2, 0) is 32.3 Å². The zero-order chi connectivity index (χ0) is 29.1. The van der Waals surface area contributed by atoms with Gasteiger partial charge in [-0.05, 0) is 63.1 Å². The van der Waals surface area contributed by atoms with Crippen LogP contribution in [0, 0.1) is 0 Å². The normalized spacial score (nSPS) is 13.1. The molecule has 0 unspecified atom stereocenters. The molecule has 13 heteroatoms. The molecule has 2 aromatic carbocycles. The number of carbonyl (C=O) groups is 2. The van der Waals surface area contributed by atoms with Crippen LogP contribution >= 0.6 is 23.2 Å². The lowest BCUT2D eigenvalue weighted by atomic mass is 10.1. The van der Waals surface area contributed by atoms with Crippen molar-refractivity contribution in [1.82, 2.24) is 10.2 Å². The van der Waals surface area contributed by atoms with Crippen molar-refractivity contribution < 1.29 is 31.2 Å². The van der Waals surface area contributed by atoms with Crippen molar-refractivity contribution in [2.24, 2.45) is 0 Å². The third-order valence-electron chi connectivity index (χ3n) is 5.37. The van der Waals surface area contributed by atoms with Gasteiger partial charge in [0.1, 0.15) is 12.6 Å². The molecule has 0 saturated heterocycles. The van der Waals surface area contributed by atoms with Gasteiger partial charge in [-0.25, -0.2) is 8.42 Å². The molecule has 0 aliphatic carbocycles. The second kappa shape index (κ2) is 12.1. The molecule has 2 amide bonds. The highest BCUT2D eigenvalue weighted by molar-refractivity contribution is 7.92. The first kappa shape index (κ1) is 31.7. The number of rotatable bonds is 9. The van der Waals surface area contributed by atoms with Gasteiger partial charge in [0.25, 0.3) is 0 Å². The third kappa shape index (κ3) is 8.78. The maximum atomic E-state index is 13.6. The molecule has 1 atom stereocenters. The van der Waals surface area contributed by atoms with Crippen molar-refractivity contribution in [2.75, 3.05) is 17.1 Å². The third-order valence-corrected chi connectivity index (χ3v) is 7.09. The van der Waals surface area contributed by atoms with Crippen LogP contribution < -0.4 is 9.62 Å². The summed E-state index contributed by atoms with van der Waals surface area (Å²) in [6.45, 7) is 6.09. The molecule has 7 nitrogen and oxygen atoms in total. The van der Waals surface area contributed by atoms with E-state index in [4.69, 9.17) is 23.2 Å². The predicted octanol–water partition coefficient (Wildman–Crippen LogP) is 5.50. The van der Waals surface area contributed by atoms with Crippen molar-refractivity contribution in [3.8, 4) is 0 Å². The van der Waals surface area contributed by atoms with E-state index in [0.717, 1.165) is 18.4 Å². The minimum Gasteiger partial charge on any atom is -0.350 e. The second-order valence-electron chi connectivity index (χ2n) is 9.74. The lowest BCUT2D eigenvalue weighted by Crippen LogP contribution is -2.55. The number of hydrogen-bond acceptors (Lipinski definition) is 4. The average molecular weight is 596 g/mol. The van der Waals surface area contributed by atoms with Crippen LogP contribution in [0.4, 0.5) is 18.9 Å². The summed E-state index contributed by atoms with van der Waals surface area (Å²) in [5.41, 5.74) is -1.64. The molecular formula is C25H30Cl2F3N3O4S. The second-order valence-corrected chi connectivity index (χ2v) is 12.5. The van der Waals surface area contributed by atoms with Crippen molar-refractivity contribution in [3.05, 3.63) is 63.6 Å². The van der Waals surface area contributed by atoms with Gasteiger partial charge in [0.15, 0.2) is 0 Å². The topological polar surface area (TPSA) is 86.8 Å². The summed E-state index contributed by atoms with van der Waals surface area (Å²) in [6, 6.07) is 8.09. The average Bonchev–Trinajstić information content (AvgIpc) is 2.76.